The third kappa shape index (κ3) is 6.32. The average Bonchev–Trinajstić information content (AvgIpc) is 3.42. The van der Waals surface area contributed by atoms with E-state index in [1.54, 1.807) is 12.1 Å². The van der Waals surface area contributed by atoms with Crippen LogP contribution < -0.4 is 5.32 Å². The molecular formula is C25H26FN5OS. The highest BCUT2D eigenvalue weighted by Gasteiger charge is 2.16. The van der Waals surface area contributed by atoms with E-state index < -0.39 is 0 Å². The minimum atomic E-state index is -0.290. The molecule has 0 unspecified atom stereocenters. The van der Waals surface area contributed by atoms with Crippen LogP contribution in [-0.4, -0.2) is 31.0 Å². The molecule has 0 saturated carbocycles. The minimum absolute atomic E-state index is 0.106. The molecule has 33 heavy (non-hydrogen) atoms. The Hall–Kier alpha value is -3.39. The summed E-state index contributed by atoms with van der Waals surface area (Å²) >= 11 is 1.38. The molecule has 2 aromatic heterocycles. The maximum atomic E-state index is 13.0. The van der Waals surface area contributed by atoms with E-state index in [2.05, 4.69) is 42.8 Å². The molecule has 1 N–H and O–H groups in total. The van der Waals surface area contributed by atoms with Crippen LogP contribution in [0.3, 0.4) is 0 Å². The lowest BCUT2D eigenvalue weighted by Crippen LogP contribution is -2.24. The molecule has 0 aliphatic heterocycles. The van der Waals surface area contributed by atoms with Crippen molar-refractivity contribution in [3.05, 3.63) is 101 Å². The molecule has 0 aliphatic rings. The van der Waals surface area contributed by atoms with Crippen LogP contribution in [-0.2, 0) is 37.8 Å². The standard InChI is InChI=1S/C25H26FN5OS/c1-30-14-5-8-22(30)16-23-28-29-25(31(23)15-13-19-6-3-2-4-7-19)33-18-24(32)27-17-20-9-11-21(26)12-10-20/h2-12,14H,13,15-18H2,1H3,(H,27,32). The van der Waals surface area contributed by atoms with E-state index in [-0.39, 0.29) is 17.5 Å². The average molecular weight is 464 g/mol. The summed E-state index contributed by atoms with van der Waals surface area (Å²) in [6.07, 6.45) is 3.53. The fraction of sp³-hybridized carbons (Fsp3) is 0.240. The van der Waals surface area contributed by atoms with Crippen LogP contribution in [0.4, 0.5) is 4.39 Å². The topological polar surface area (TPSA) is 64.7 Å². The Morgan fingerprint density at radius 1 is 1.00 bits per heavy atom. The number of aryl methyl sites for hydroxylation is 2. The molecule has 4 rings (SSSR count). The molecule has 0 spiro atoms. The summed E-state index contributed by atoms with van der Waals surface area (Å²) in [7, 11) is 2.02. The lowest BCUT2D eigenvalue weighted by molar-refractivity contribution is -0.118. The number of benzene rings is 2. The van der Waals surface area contributed by atoms with Gasteiger partial charge in [-0.15, -0.1) is 10.2 Å². The summed E-state index contributed by atoms with van der Waals surface area (Å²) < 4.78 is 17.2. The summed E-state index contributed by atoms with van der Waals surface area (Å²) in [5, 5.41) is 12.4. The van der Waals surface area contributed by atoms with Crippen molar-refractivity contribution in [1.29, 1.82) is 0 Å². The lowest BCUT2D eigenvalue weighted by Gasteiger charge is -2.11. The predicted octanol–water partition coefficient (Wildman–Crippen LogP) is 4.00. The van der Waals surface area contributed by atoms with Crippen molar-refractivity contribution in [2.75, 3.05) is 5.75 Å². The Morgan fingerprint density at radius 3 is 2.52 bits per heavy atom. The molecule has 2 aromatic carbocycles. The first-order valence-electron chi connectivity index (χ1n) is 10.8. The van der Waals surface area contributed by atoms with Crippen LogP contribution in [0.2, 0.25) is 0 Å². The smallest absolute Gasteiger partial charge is 0.230 e. The first kappa shape index (κ1) is 22.8. The van der Waals surface area contributed by atoms with Crippen molar-refractivity contribution in [1.82, 2.24) is 24.6 Å². The fourth-order valence-electron chi connectivity index (χ4n) is 3.49. The number of rotatable bonds is 10. The Bertz CT molecular complexity index is 1190. The van der Waals surface area contributed by atoms with Gasteiger partial charge in [-0.25, -0.2) is 4.39 Å². The van der Waals surface area contributed by atoms with Gasteiger partial charge in [0.05, 0.1) is 5.75 Å². The number of carbonyl (C=O) groups excluding carboxylic acids is 1. The zero-order chi connectivity index (χ0) is 23.0. The number of thioether (sulfide) groups is 1. The van der Waals surface area contributed by atoms with E-state index in [1.165, 1.54) is 29.5 Å². The molecule has 0 saturated heterocycles. The molecule has 0 aliphatic carbocycles. The maximum absolute atomic E-state index is 13.0. The second-order valence-corrected chi connectivity index (χ2v) is 8.71. The summed E-state index contributed by atoms with van der Waals surface area (Å²) in [5.74, 6) is 0.712. The van der Waals surface area contributed by atoms with E-state index in [0.717, 1.165) is 35.2 Å². The summed E-state index contributed by atoms with van der Waals surface area (Å²) in [6, 6.07) is 20.5. The fourth-order valence-corrected chi connectivity index (χ4v) is 4.31. The van der Waals surface area contributed by atoms with Crippen molar-refractivity contribution in [3.8, 4) is 0 Å². The number of amides is 1. The zero-order valence-electron chi connectivity index (χ0n) is 18.4. The van der Waals surface area contributed by atoms with Crippen LogP contribution in [0.1, 0.15) is 22.6 Å². The van der Waals surface area contributed by atoms with E-state index in [9.17, 15) is 9.18 Å². The van der Waals surface area contributed by atoms with Gasteiger partial charge < -0.3 is 14.5 Å². The molecule has 0 atom stereocenters. The van der Waals surface area contributed by atoms with Gasteiger partial charge in [0.1, 0.15) is 11.6 Å². The van der Waals surface area contributed by atoms with Gasteiger partial charge in [-0.1, -0.05) is 54.2 Å². The van der Waals surface area contributed by atoms with Crippen molar-refractivity contribution < 1.29 is 9.18 Å². The highest BCUT2D eigenvalue weighted by atomic mass is 32.2. The molecular weight excluding hydrogens is 437 g/mol. The van der Waals surface area contributed by atoms with Gasteiger partial charge in [0.15, 0.2) is 5.16 Å². The van der Waals surface area contributed by atoms with Crippen molar-refractivity contribution in [3.63, 3.8) is 0 Å². The third-order valence-corrected chi connectivity index (χ3v) is 6.35. The molecule has 6 nitrogen and oxygen atoms in total. The molecule has 2 heterocycles. The number of halogens is 1. The summed E-state index contributed by atoms with van der Waals surface area (Å²) in [5.41, 5.74) is 3.24. The number of carbonyl (C=O) groups is 1. The van der Waals surface area contributed by atoms with E-state index in [1.807, 2.05) is 37.5 Å². The minimum Gasteiger partial charge on any atom is -0.354 e. The maximum Gasteiger partial charge on any atom is 0.230 e. The van der Waals surface area contributed by atoms with Crippen molar-refractivity contribution in [2.24, 2.45) is 7.05 Å². The molecule has 8 heteroatoms. The Morgan fingerprint density at radius 2 is 1.79 bits per heavy atom. The number of nitrogens with one attached hydrogen (secondary N) is 1. The molecule has 0 bridgehead atoms. The number of aromatic nitrogens is 4. The monoisotopic (exact) mass is 463 g/mol. The van der Waals surface area contributed by atoms with Gasteiger partial charge in [0.25, 0.3) is 0 Å². The number of hydrogen-bond donors (Lipinski definition) is 1. The largest absolute Gasteiger partial charge is 0.354 e. The highest BCUT2D eigenvalue weighted by Crippen LogP contribution is 2.20. The van der Waals surface area contributed by atoms with Crippen LogP contribution in [0.5, 0.6) is 0 Å². The molecule has 0 radical (unpaired) electrons. The van der Waals surface area contributed by atoms with Crippen LogP contribution in [0.25, 0.3) is 0 Å². The molecule has 0 fully saturated rings. The van der Waals surface area contributed by atoms with Gasteiger partial charge in [-0.3, -0.25) is 4.79 Å². The Kier molecular flexibility index (Phi) is 7.57. The summed E-state index contributed by atoms with van der Waals surface area (Å²) in [6.45, 7) is 1.09. The quantitative estimate of drug-likeness (QED) is 0.361. The Balaban J connectivity index is 1.41. The zero-order valence-corrected chi connectivity index (χ0v) is 19.3. The SMILES string of the molecule is Cn1cccc1Cc1nnc(SCC(=O)NCc2ccc(F)cc2)n1CCc1ccccc1. The van der Waals surface area contributed by atoms with Gasteiger partial charge >= 0.3 is 0 Å². The van der Waals surface area contributed by atoms with E-state index >= 15 is 0 Å². The van der Waals surface area contributed by atoms with Crippen molar-refractivity contribution in [2.45, 2.75) is 31.1 Å². The Labute approximate surface area is 196 Å². The van der Waals surface area contributed by atoms with Crippen molar-refractivity contribution >= 4 is 17.7 Å². The third-order valence-electron chi connectivity index (χ3n) is 5.39. The van der Waals surface area contributed by atoms with E-state index in [0.29, 0.717) is 13.0 Å². The predicted molar refractivity (Wildman–Crippen MR) is 127 cm³/mol. The van der Waals surface area contributed by atoms with Gasteiger partial charge in [0, 0.05) is 38.4 Å². The molecule has 170 valence electrons. The number of hydrogen-bond acceptors (Lipinski definition) is 4. The van der Waals surface area contributed by atoms with E-state index in [4.69, 9.17) is 0 Å². The van der Waals surface area contributed by atoms with Crippen LogP contribution in [0, 0.1) is 5.82 Å². The van der Waals surface area contributed by atoms with Crippen LogP contribution >= 0.6 is 11.8 Å². The molecule has 4 aromatic rings. The second kappa shape index (κ2) is 11.0. The highest BCUT2D eigenvalue weighted by molar-refractivity contribution is 7.99. The van der Waals surface area contributed by atoms with Gasteiger partial charge in [0.2, 0.25) is 5.91 Å². The second-order valence-electron chi connectivity index (χ2n) is 7.77. The van der Waals surface area contributed by atoms with Gasteiger partial charge in [-0.2, -0.15) is 0 Å². The normalized spacial score (nSPS) is 11.0. The lowest BCUT2D eigenvalue weighted by atomic mass is 10.1. The van der Waals surface area contributed by atoms with Gasteiger partial charge in [-0.05, 0) is 41.8 Å². The summed E-state index contributed by atoms with van der Waals surface area (Å²) in [4.78, 5) is 12.4. The number of nitrogens with zero attached hydrogens (tertiary/aromatic N) is 4. The van der Waals surface area contributed by atoms with Crippen LogP contribution in [0.15, 0.2) is 78.1 Å². The first-order chi connectivity index (χ1) is 16.1. The molecule has 1 amide bonds. The first-order valence-corrected chi connectivity index (χ1v) is 11.8.